The standard InChI is InChI=1S/C34H48N4O5S/c1-25-23-37(33(40)43-30-21-34(24-35-22-30)18-10-8-6-5-7-9-11-19-34)32-20-28(14-17-31(32)38(25)26(2)39)27-12-15-29(16-13-27)36(3)44(4,41)42/h12-17,20,25,30,35H,5-11,18-19,21-24H2,1-4H3/t25-,30?/m0/s1. The quantitative estimate of drug-likeness (QED) is 0.428. The van der Waals surface area contributed by atoms with E-state index in [1.807, 2.05) is 37.3 Å². The number of amides is 2. The molecule has 2 aromatic rings. The van der Waals surface area contributed by atoms with Crippen LogP contribution in [0.15, 0.2) is 42.5 Å². The van der Waals surface area contributed by atoms with E-state index in [9.17, 15) is 18.0 Å². The first-order chi connectivity index (χ1) is 21.0. The number of fused-ring (bicyclic) bond motifs is 1. The lowest BCUT2D eigenvalue weighted by Gasteiger charge is -2.43. The molecule has 1 aliphatic carbocycles. The largest absolute Gasteiger partial charge is 0.444 e. The number of benzene rings is 2. The van der Waals surface area contributed by atoms with Crippen molar-refractivity contribution in [1.29, 1.82) is 0 Å². The number of nitrogens with zero attached hydrogens (tertiary/aromatic N) is 3. The molecule has 2 aromatic carbocycles. The Morgan fingerprint density at radius 1 is 0.932 bits per heavy atom. The lowest BCUT2D eigenvalue weighted by Crippen LogP contribution is -2.53. The van der Waals surface area contributed by atoms with Gasteiger partial charge in [0.05, 0.1) is 29.4 Å². The number of carbonyl (C=O) groups is 2. The van der Waals surface area contributed by atoms with Gasteiger partial charge >= 0.3 is 6.09 Å². The Labute approximate surface area is 263 Å². The van der Waals surface area contributed by atoms with E-state index in [-0.39, 0.29) is 29.6 Å². The van der Waals surface area contributed by atoms with Crippen molar-refractivity contribution >= 4 is 39.1 Å². The molecule has 2 aliphatic heterocycles. The van der Waals surface area contributed by atoms with Gasteiger partial charge in [0, 0.05) is 33.6 Å². The Balaban J connectivity index is 1.39. The summed E-state index contributed by atoms with van der Waals surface area (Å²) in [5.74, 6) is -0.0814. The second kappa shape index (κ2) is 13.5. The summed E-state index contributed by atoms with van der Waals surface area (Å²) in [6, 6.07) is 12.8. The van der Waals surface area contributed by atoms with Crippen LogP contribution in [0.3, 0.4) is 0 Å². The molecule has 0 radical (unpaired) electrons. The Bertz CT molecular complexity index is 1430. The molecule has 5 rings (SSSR count). The lowest BCUT2D eigenvalue weighted by molar-refractivity contribution is -0.117. The number of rotatable bonds is 4. The SMILES string of the molecule is CC(=O)N1c2ccc(-c3ccc(N(C)S(C)(=O)=O)cc3)cc2N(C(=O)OC2CNCC3(CCCCCCCCC3)C2)C[C@@H]1C. The van der Waals surface area contributed by atoms with Crippen molar-refractivity contribution in [1.82, 2.24) is 5.32 Å². The second-order valence-electron chi connectivity index (χ2n) is 13.1. The van der Waals surface area contributed by atoms with E-state index in [0.29, 0.717) is 30.2 Å². The summed E-state index contributed by atoms with van der Waals surface area (Å²) in [7, 11) is -1.85. The molecule has 2 heterocycles. The van der Waals surface area contributed by atoms with Crippen LogP contribution < -0.4 is 19.4 Å². The molecule has 2 fully saturated rings. The number of ether oxygens (including phenoxy) is 1. The highest BCUT2D eigenvalue weighted by molar-refractivity contribution is 7.92. The zero-order valence-corrected chi connectivity index (χ0v) is 27.5. The monoisotopic (exact) mass is 624 g/mol. The van der Waals surface area contributed by atoms with Crippen molar-refractivity contribution in [3.63, 3.8) is 0 Å². The fraction of sp³-hybridized carbons (Fsp3) is 0.588. The molecule has 1 saturated carbocycles. The first-order valence-corrected chi connectivity index (χ1v) is 18.0. The van der Waals surface area contributed by atoms with Gasteiger partial charge in [0.2, 0.25) is 15.9 Å². The first kappa shape index (κ1) is 32.3. The molecule has 0 aromatic heterocycles. The summed E-state index contributed by atoms with van der Waals surface area (Å²) in [5, 5.41) is 3.60. The molecule has 0 bridgehead atoms. The van der Waals surface area contributed by atoms with Gasteiger partial charge in [-0.2, -0.15) is 0 Å². The molecular weight excluding hydrogens is 576 g/mol. The van der Waals surface area contributed by atoms with Gasteiger partial charge in [-0.25, -0.2) is 13.2 Å². The minimum Gasteiger partial charge on any atom is -0.444 e. The molecule has 1 N–H and O–H groups in total. The molecule has 2 atom stereocenters. The van der Waals surface area contributed by atoms with Crippen LogP contribution in [0.25, 0.3) is 11.1 Å². The summed E-state index contributed by atoms with van der Waals surface area (Å²) in [4.78, 5) is 30.0. The van der Waals surface area contributed by atoms with Crippen LogP contribution in [0.1, 0.15) is 78.1 Å². The maximum Gasteiger partial charge on any atom is 0.414 e. The molecule has 44 heavy (non-hydrogen) atoms. The molecule has 9 nitrogen and oxygen atoms in total. The van der Waals surface area contributed by atoms with E-state index >= 15 is 0 Å². The predicted molar refractivity (Wildman–Crippen MR) is 177 cm³/mol. The van der Waals surface area contributed by atoms with Gasteiger partial charge in [0.15, 0.2) is 0 Å². The lowest BCUT2D eigenvalue weighted by atomic mass is 9.71. The third kappa shape index (κ3) is 7.23. The molecular formula is C34H48N4O5S. The fourth-order valence-electron chi connectivity index (χ4n) is 7.32. The number of nitrogens with one attached hydrogen (secondary N) is 1. The van der Waals surface area contributed by atoms with Crippen LogP contribution in [-0.2, 0) is 19.6 Å². The minimum atomic E-state index is -3.38. The Kier molecular flexibility index (Phi) is 9.89. The third-order valence-electron chi connectivity index (χ3n) is 9.75. The fourth-order valence-corrected chi connectivity index (χ4v) is 7.82. The van der Waals surface area contributed by atoms with Gasteiger partial charge < -0.3 is 15.0 Å². The van der Waals surface area contributed by atoms with Crippen LogP contribution >= 0.6 is 0 Å². The highest BCUT2D eigenvalue weighted by Crippen LogP contribution is 2.42. The summed E-state index contributed by atoms with van der Waals surface area (Å²) in [5.41, 5.74) is 3.77. The van der Waals surface area contributed by atoms with Crippen molar-refractivity contribution in [3.8, 4) is 11.1 Å². The van der Waals surface area contributed by atoms with Gasteiger partial charge in [-0.3, -0.25) is 14.0 Å². The van der Waals surface area contributed by atoms with Gasteiger partial charge in [-0.15, -0.1) is 0 Å². The number of hydrogen-bond acceptors (Lipinski definition) is 6. The first-order valence-electron chi connectivity index (χ1n) is 16.1. The van der Waals surface area contributed by atoms with Crippen molar-refractivity contribution in [2.45, 2.75) is 90.2 Å². The highest BCUT2D eigenvalue weighted by Gasteiger charge is 2.40. The summed E-state index contributed by atoms with van der Waals surface area (Å²) < 4.78 is 31.5. The minimum absolute atomic E-state index is 0.0814. The predicted octanol–water partition coefficient (Wildman–Crippen LogP) is 6.32. The molecule has 3 aliphatic rings. The highest BCUT2D eigenvalue weighted by atomic mass is 32.2. The molecule has 2 amide bonds. The zero-order valence-electron chi connectivity index (χ0n) is 26.7. The van der Waals surface area contributed by atoms with E-state index in [1.54, 1.807) is 28.9 Å². The average Bonchev–Trinajstić information content (AvgIpc) is 2.99. The second-order valence-corrected chi connectivity index (χ2v) is 15.2. The molecule has 10 heteroatoms. The molecule has 1 saturated heterocycles. The Morgan fingerprint density at radius 2 is 1.55 bits per heavy atom. The topological polar surface area (TPSA) is 99.3 Å². The zero-order chi connectivity index (χ0) is 31.5. The van der Waals surface area contributed by atoms with Crippen molar-refractivity contribution in [2.75, 3.05) is 47.0 Å². The van der Waals surface area contributed by atoms with Gasteiger partial charge in [-0.1, -0.05) is 63.1 Å². The maximum absolute atomic E-state index is 13.9. The van der Waals surface area contributed by atoms with E-state index in [4.69, 9.17) is 4.74 Å². The summed E-state index contributed by atoms with van der Waals surface area (Å²) >= 11 is 0. The Hall–Kier alpha value is -3.11. The van der Waals surface area contributed by atoms with Gasteiger partial charge in [-0.05, 0) is 67.0 Å². The van der Waals surface area contributed by atoms with Crippen LogP contribution in [0.2, 0.25) is 0 Å². The Morgan fingerprint density at radius 3 is 2.16 bits per heavy atom. The van der Waals surface area contributed by atoms with E-state index < -0.39 is 10.0 Å². The van der Waals surface area contributed by atoms with E-state index in [2.05, 4.69) is 5.32 Å². The van der Waals surface area contributed by atoms with Crippen LogP contribution in [0, 0.1) is 5.41 Å². The number of anilines is 3. The van der Waals surface area contributed by atoms with Gasteiger partial charge in [0.25, 0.3) is 0 Å². The normalized spacial score (nSPS) is 22.6. The maximum atomic E-state index is 13.9. The smallest absolute Gasteiger partial charge is 0.414 e. The number of piperidine rings is 1. The van der Waals surface area contributed by atoms with E-state index in [0.717, 1.165) is 24.1 Å². The third-order valence-corrected chi connectivity index (χ3v) is 11.0. The summed E-state index contributed by atoms with van der Waals surface area (Å²) in [6.07, 6.45) is 12.8. The van der Waals surface area contributed by atoms with Gasteiger partial charge in [0.1, 0.15) is 6.10 Å². The number of hydrogen-bond donors (Lipinski definition) is 1. The summed E-state index contributed by atoms with van der Waals surface area (Å²) in [6.45, 7) is 5.47. The molecule has 1 unspecified atom stereocenters. The van der Waals surface area contributed by atoms with Crippen LogP contribution in [-0.4, -0.2) is 65.5 Å². The molecule has 240 valence electrons. The van der Waals surface area contributed by atoms with Crippen molar-refractivity contribution < 1.29 is 22.7 Å². The van der Waals surface area contributed by atoms with Crippen LogP contribution in [0.5, 0.6) is 0 Å². The van der Waals surface area contributed by atoms with E-state index in [1.165, 1.54) is 75.4 Å². The number of sulfonamides is 1. The van der Waals surface area contributed by atoms with Crippen LogP contribution in [0.4, 0.5) is 21.9 Å². The van der Waals surface area contributed by atoms with Crippen molar-refractivity contribution in [3.05, 3.63) is 42.5 Å². The molecule has 1 spiro atoms. The average molecular weight is 625 g/mol. The number of carbonyl (C=O) groups excluding carboxylic acids is 2. The van der Waals surface area contributed by atoms with Crippen molar-refractivity contribution in [2.24, 2.45) is 5.41 Å².